The molecule has 18 heavy (non-hydrogen) atoms. The second-order valence-electron chi connectivity index (χ2n) is 3.64. The molecule has 0 fully saturated rings. The van der Waals surface area contributed by atoms with Crippen LogP contribution < -0.4 is 11.1 Å². The summed E-state index contributed by atoms with van der Waals surface area (Å²) in [6.45, 7) is 0.425. The van der Waals surface area contributed by atoms with Crippen molar-refractivity contribution < 1.29 is 4.79 Å². The van der Waals surface area contributed by atoms with Crippen LogP contribution in [-0.4, -0.2) is 15.9 Å². The minimum absolute atomic E-state index is 0.213. The highest BCUT2D eigenvalue weighted by Crippen LogP contribution is 2.11. The lowest BCUT2D eigenvalue weighted by molar-refractivity contribution is 0.0945. The van der Waals surface area contributed by atoms with Crippen molar-refractivity contribution in [3.05, 3.63) is 52.4 Å². The lowest BCUT2D eigenvalue weighted by atomic mass is 10.2. The Morgan fingerprint density at radius 2 is 2.22 bits per heavy atom. The molecule has 92 valence electrons. The van der Waals surface area contributed by atoms with Crippen LogP contribution in [0.5, 0.6) is 0 Å². The molecule has 2 rings (SSSR count). The maximum atomic E-state index is 11.8. The fraction of sp³-hybridized carbons (Fsp3) is 0.0833. The summed E-state index contributed by atoms with van der Waals surface area (Å²) in [5, 5.41) is 2.75. The van der Waals surface area contributed by atoms with Crippen molar-refractivity contribution in [2.45, 2.75) is 6.54 Å². The van der Waals surface area contributed by atoms with Gasteiger partial charge in [0.25, 0.3) is 5.91 Å². The molecule has 1 aromatic heterocycles. The van der Waals surface area contributed by atoms with Crippen LogP contribution in [0.4, 0.5) is 5.82 Å². The number of nitrogens with zero attached hydrogens (tertiary/aromatic N) is 2. The molecule has 0 aliphatic carbocycles. The van der Waals surface area contributed by atoms with Gasteiger partial charge in [0, 0.05) is 11.0 Å². The van der Waals surface area contributed by atoms with Crippen LogP contribution >= 0.6 is 15.9 Å². The summed E-state index contributed by atoms with van der Waals surface area (Å²) in [4.78, 5) is 19.5. The Morgan fingerprint density at radius 1 is 1.39 bits per heavy atom. The smallest absolute Gasteiger partial charge is 0.271 e. The highest BCUT2D eigenvalue weighted by Gasteiger charge is 2.07. The highest BCUT2D eigenvalue weighted by molar-refractivity contribution is 9.10. The van der Waals surface area contributed by atoms with E-state index in [4.69, 9.17) is 5.73 Å². The van der Waals surface area contributed by atoms with Crippen LogP contribution in [0.2, 0.25) is 0 Å². The van der Waals surface area contributed by atoms with Crippen LogP contribution in [0.3, 0.4) is 0 Å². The van der Waals surface area contributed by atoms with Crippen molar-refractivity contribution in [2.24, 2.45) is 0 Å². The molecule has 1 aromatic carbocycles. The minimum Gasteiger partial charge on any atom is -0.382 e. The van der Waals surface area contributed by atoms with Gasteiger partial charge < -0.3 is 11.1 Å². The highest BCUT2D eigenvalue weighted by atomic mass is 79.9. The second kappa shape index (κ2) is 5.59. The van der Waals surface area contributed by atoms with E-state index in [1.54, 1.807) is 0 Å². The number of hydrogen-bond donors (Lipinski definition) is 2. The maximum absolute atomic E-state index is 11.8. The van der Waals surface area contributed by atoms with Crippen LogP contribution in [0.25, 0.3) is 0 Å². The van der Waals surface area contributed by atoms with Crippen molar-refractivity contribution in [1.82, 2.24) is 15.3 Å². The molecule has 1 heterocycles. The number of nitrogens with one attached hydrogen (secondary N) is 1. The summed E-state index contributed by atoms with van der Waals surface area (Å²) in [5.41, 5.74) is 6.67. The number of nitrogen functional groups attached to an aromatic ring is 1. The zero-order valence-electron chi connectivity index (χ0n) is 9.43. The van der Waals surface area contributed by atoms with E-state index in [9.17, 15) is 4.79 Å². The quantitative estimate of drug-likeness (QED) is 0.905. The minimum atomic E-state index is -0.297. The molecule has 3 N–H and O–H groups in total. The van der Waals surface area contributed by atoms with Crippen molar-refractivity contribution in [3.8, 4) is 0 Å². The number of amides is 1. The predicted molar refractivity (Wildman–Crippen MR) is 71.8 cm³/mol. The molecule has 0 saturated heterocycles. The third-order valence-corrected chi connectivity index (χ3v) is 2.72. The van der Waals surface area contributed by atoms with Gasteiger partial charge in [0.2, 0.25) is 0 Å². The van der Waals surface area contributed by atoms with Crippen LogP contribution in [0, 0.1) is 0 Å². The van der Waals surface area contributed by atoms with Gasteiger partial charge >= 0.3 is 0 Å². The molecular formula is C12H11BrN4O. The Balaban J connectivity index is 2.00. The lowest BCUT2D eigenvalue weighted by Crippen LogP contribution is -2.24. The summed E-state index contributed by atoms with van der Waals surface area (Å²) in [5.74, 6) is -0.0696. The molecule has 0 spiro atoms. The van der Waals surface area contributed by atoms with Crippen LogP contribution in [0.15, 0.2) is 41.1 Å². The summed E-state index contributed by atoms with van der Waals surface area (Å²) in [6.07, 6.45) is 2.78. The van der Waals surface area contributed by atoms with Gasteiger partial charge in [-0.1, -0.05) is 28.1 Å². The van der Waals surface area contributed by atoms with Gasteiger partial charge in [-0.15, -0.1) is 0 Å². The van der Waals surface area contributed by atoms with Gasteiger partial charge in [0.05, 0.1) is 12.4 Å². The standard InChI is InChI=1S/C12H11BrN4O/c13-9-3-1-2-8(4-9)5-16-12(18)10-6-15-7-11(14)17-10/h1-4,6-7H,5H2,(H2,14,17)(H,16,18). The number of carbonyl (C=O) groups is 1. The van der Waals surface area contributed by atoms with Gasteiger partial charge in [0.15, 0.2) is 0 Å². The Hall–Kier alpha value is -1.95. The van der Waals surface area contributed by atoms with Crippen molar-refractivity contribution in [1.29, 1.82) is 0 Å². The summed E-state index contributed by atoms with van der Waals surface area (Å²) in [6, 6.07) is 7.70. The number of halogens is 1. The molecule has 0 saturated carbocycles. The monoisotopic (exact) mass is 306 g/mol. The Kier molecular flexibility index (Phi) is 3.88. The normalized spacial score (nSPS) is 10.1. The van der Waals surface area contributed by atoms with Gasteiger partial charge in [-0.05, 0) is 17.7 Å². The Bertz CT molecular complexity index is 574. The van der Waals surface area contributed by atoms with E-state index < -0.39 is 0 Å². The topological polar surface area (TPSA) is 80.9 Å². The average molecular weight is 307 g/mol. The summed E-state index contributed by atoms with van der Waals surface area (Å²) in [7, 11) is 0. The zero-order chi connectivity index (χ0) is 13.0. The molecule has 0 unspecified atom stereocenters. The molecule has 0 aliphatic heterocycles. The average Bonchev–Trinajstić information content (AvgIpc) is 2.36. The van der Waals surface area contributed by atoms with Gasteiger partial charge in [0.1, 0.15) is 11.5 Å². The van der Waals surface area contributed by atoms with E-state index in [1.807, 2.05) is 24.3 Å². The van der Waals surface area contributed by atoms with Gasteiger partial charge in [-0.2, -0.15) is 0 Å². The van der Waals surface area contributed by atoms with E-state index in [-0.39, 0.29) is 17.4 Å². The molecular weight excluding hydrogens is 296 g/mol. The summed E-state index contributed by atoms with van der Waals surface area (Å²) >= 11 is 3.37. The fourth-order valence-electron chi connectivity index (χ4n) is 1.41. The van der Waals surface area contributed by atoms with E-state index in [0.717, 1.165) is 10.0 Å². The van der Waals surface area contributed by atoms with Gasteiger partial charge in [-0.3, -0.25) is 9.78 Å². The second-order valence-corrected chi connectivity index (χ2v) is 4.56. The van der Waals surface area contributed by atoms with E-state index in [2.05, 4.69) is 31.2 Å². The Morgan fingerprint density at radius 3 is 2.94 bits per heavy atom. The zero-order valence-corrected chi connectivity index (χ0v) is 11.0. The number of rotatable bonds is 3. The number of aromatic nitrogens is 2. The van der Waals surface area contributed by atoms with Crippen molar-refractivity contribution in [2.75, 3.05) is 5.73 Å². The molecule has 1 amide bonds. The van der Waals surface area contributed by atoms with Crippen LogP contribution in [0.1, 0.15) is 16.1 Å². The van der Waals surface area contributed by atoms with Crippen molar-refractivity contribution >= 4 is 27.7 Å². The molecule has 0 aliphatic rings. The first-order valence-electron chi connectivity index (χ1n) is 5.25. The molecule has 0 radical (unpaired) electrons. The van der Waals surface area contributed by atoms with E-state index >= 15 is 0 Å². The molecule has 0 bridgehead atoms. The SMILES string of the molecule is Nc1cncc(C(=O)NCc2cccc(Br)c2)n1. The van der Waals surface area contributed by atoms with Crippen LogP contribution in [-0.2, 0) is 6.54 Å². The molecule has 5 nitrogen and oxygen atoms in total. The number of benzene rings is 1. The molecule has 0 atom stereocenters. The maximum Gasteiger partial charge on any atom is 0.271 e. The summed E-state index contributed by atoms with van der Waals surface area (Å²) < 4.78 is 0.970. The fourth-order valence-corrected chi connectivity index (χ4v) is 1.86. The Labute approximate surface area is 113 Å². The van der Waals surface area contributed by atoms with E-state index in [0.29, 0.717) is 6.54 Å². The van der Waals surface area contributed by atoms with Gasteiger partial charge in [-0.25, -0.2) is 4.98 Å². The van der Waals surface area contributed by atoms with E-state index in [1.165, 1.54) is 12.4 Å². The molecule has 2 aromatic rings. The number of anilines is 1. The largest absolute Gasteiger partial charge is 0.382 e. The first-order chi connectivity index (χ1) is 8.65. The lowest BCUT2D eigenvalue weighted by Gasteiger charge is -2.05. The third kappa shape index (κ3) is 3.27. The number of carbonyl (C=O) groups excluding carboxylic acids is 1. The predicted octanol–water partition coefficient (Wildman–Crippen LogP) is 1.75. The third-order valence-electron chi connectivity index (χ3n) is 2.23. The molecule has 6 heteroatoms. The number of hydrogen-bond acceptors (Lipinski definition) is 4. The van der Waals surface area contributed by atoms with Crippen molar-refractivity contribution in [3.63, 3.8) is 0 Å². The first-order valence-corrected chi connectivity index (χ1v) is 6.04. The first kappa shape index (κ1) is 12.5. The number of nitrogens with two attached hydrogens (primary N) is 1.